The van der Waals surface area contributed by atoms with Crippen molar-refractivity contribution in [3.8, 4) is 11.5 Å². The van der Waals surface area contributed by atoms with Gasteiger partial charge in [-0.25, -0.2) is 4.39 Å². The summed E-state index contributed by atoms with van der Waals surface area (Å²) in [6.07, 6.45) is 0.691. The van der Waals surface area contributed by atoms with E-state index < -0.39 is 0 Å². The monoisotopic (exact) mass is 439 g/mol. The van der Waals surface area contributed by atoms with Gasteiger partial charge in [0.15, 0.2) is 0 Å². The van der Waals surface area contributed by atoms with E-state index >= 15 is 0 Å². The summed E-state index contributed by atoms with van der Waals surface area (Å²) in [5.41, 5.74) is 3.81. The van der Waals surface area contributed by atoms with Gasteiger partial charge < -0.3 is 19.1 Å². The van der Waals surface area contributed by atoms with Crippen LogP contribution in [0, 0.1) is 5.82 Å². The minimum atomic E-state index is -0.291. The molecule has 0 saturated heterocycles. The second-order valence-electron chi connectivity index (χ2n) is 7.62. The predicted molar refractivity (Wildman–Crippen MR) is 116 cm³/mol. The number of nitrogens with zero attached hydrogens (tertiary/aromatic N) is 3. The van der Waals surface area contributed by atoms with Crippen molar-refractivity contribution in [3.63, 3.8) is 0 Å². The van der Waals surface area contributed by atoms with E-state index in [-0.39, 0.29) is 24.9 Å². The van der Waals surface area contributed by atoms with Crippen LogP contribution in [-0.2, 0) is 38.0 Å². The maximum Gasteiger partial charge on any atom is 0.257 e. The SMILES string of the molecule is COc1ccc(C(=O)N2CCc3c(c(COCc4ccccc4F)nn3C)C2)c(OC)c1. The van der Waals surface area contributed by atoms with Gasteiger partial charge in [-0.1, -0.05) is 18.2 Å². The van der Waals surface area contributed by atoms with Crippen LogP contribution in [-0.4, -0.2) is 41.4 Å². The number of rotatable bonds is 7. The van der Waals surface area contributed by atoms with E-state index in [0.29, 0.717) is 42.1 Å². The van der Waals surface area contributed by atoms with Crippen LogP contribution in [0.3, 0.4) is 0 Å². The van der Waals surface area contributed by atoms with Gasteiger partial charge in [0.2, 0.25) is 0 Å². The topological polar surface area (TPSA) is 65.8 Å². The van der Waals surface area contributed by atoms with Crippen molar-refractivity contribution in [1.29, 1.82) is 0 Å². The van der Waals surface area contributed by atoms with Crippen LogP contribution in [0.15, 0.2) is 42.5 Å². The quantitative estimate of drug-likeness (QED) is 0.564. The van der Waals surface area contributed by atoms with Crippen molar-refractivity contribution in [2.24, 2.45) is 7.05 Å². The van der Waals surface area contributed by atoms with Gasteiger partial charge in [0.05, 0.1) is 38.7 Å². The Morgan fingerprint density at radius 1 is 1.12 bits per heavy atom. The lowest BCUT2D eigenvalue weighted by molar-refractivity contribution is 0.0724. The molecule has 1 aliphatic heterocycles. The van der Waals surface area contributed by atoms with Gasteiger partial charge in [-0.15, -0.1) is 0 Å². The minimum Gasteiger partial charge on any atom is -0.497 e. The van der Waals surface area contributed by atoms with Crippen molar-refractivity contribution < 1.29 is 23.4 Å². The summed E-state index contributed by atoms with van der Waals surface area (Å²) >= 11 is 0. The molecule has 0 spiro atoms. The third-order valence-corrected chi connectivity index (χ3v) is 5.71. The fourth-order valence-corrected chi connectivity index (χ4v) is 3.98. The summed E-state index contributed by atoms with van der Waals surface area (Å²) in [5, 5.41) is 4.59. The zero-order chi connectivity index (χ0) is 22.7. The first-order valence-electron chi connectivity index (χ1n) is 10.4. The number of hydrogen-bond acceptors (Lipinski definition) is 5. The Kier molecular flexibility index (Phi) is 6.41. The number of aromatic nitrogens is 2. The predicted octanol–water partition coefficient (Wildman–Crippen LogP) is 3.49. The number of benzene rings is 2. The largest absolute Gasteiger partial charge is 0.497 e. The van der Waals surface area contributed by atoms with E-state index in [4.69, 9.17) is 14.2 Å². The third kappa shape index (κ3) is 4.31. The molecule has 0 radical (unpaired) electrons. The van der Waals surface area contributed by atoms with E-state index in [9.17, 15) is 9.18 Å². The number of halogens is 1. The summed E-state index contributed by atoms with van der Waals surface area (Å²) in [6.45, 7) is 1.40. The molecule has 7 nitrogen and oxygen atoms in total. The lowest BCUT2D eigenvalue weighted by atomic mass is 10.0. The van der Waals surface area contributed by atoms with Gasteiger partial charge in [-0.05, 0) is 18.2 Å². The number of amides is 1. The molecule has 2 heterocycles. The first-order valence-corrected chi connectivity index (χ1v) is 10.4. The molecule has 0 saturated carbocycles. The molecule has 0 atom stereocenters. The van der Waals surface area contributed by atoms with E-state index in [1.165, 1.54) is 13.2 Å². The van der Waals surface area contributed by atoms with E-state index in [2.05, 4.69) is 5.10 Å². The molecule has 4 rings (SSSR count). The molecule has 0 aliphatic carbocycles. The number of methoxy groups -OCH3 is 2. The van der Waals surface area contributed by atoms with Crippen molar-refractivity contribution in [2.75, 3.05) is 20.8 Å². The van der Waals surface area contributed by atoms with Crippen molar-refractivity contribution in [3.05, 3.63) is 76.4 Å². The lowest BCUT2D eigenvalue weighted by Crippen LogP contribution is -2.36. The molecule has 1 amide bonds. The second-order valence-corrected chi connectivity index (χ2v) is 7.62. The zero-order valence-corrected chi connectivity index (χ0v) is 18.4. The van der Waals surface area contributed by atoms with Gasteiger partial charge in [-0.3, -0.25) is 9.48 Å². The fourth-order valence-electron chi connectivity index (χ4n) is 3.98. The molecule has 168 valence electrons. The third-order valence-electron chi connectivity index (χ3n) is 5.71. The lowest BCUT2D eigenvalue weighted by Gasteiger charge is -2.28. The number of fused-ring (bicyclic) bond motifs is 1. The molecule has 2 aromatic carbocycles. The van der Waals surface area contributed by atoms with Crippen LogP contribution >= 0.6 is 0 Å². The smallest absolute Gasteiger partial charge is 0.257 e. The summed E-state index contributed by atoms with van der Waals surface area (Å²) in [7, 11) is 5.00. The van der Waals surface area contributed by atoms with Gasteiger partial charge in [0.25, 0.3) is 5.91 Å². The summed E-state index contributed by atoms with van der Waals surface area (Å²) in [4.78, 5) is 15.0. The first-order chi connectivity index (χ1) is 15.5. The van der Waals surface area contributed by atoms with Gasteiger partial charge >= 0.3 is 0 Å². The molecule has 3 aromatic rings. The van der Waals surface area contributed by atoms with Crippen molar-refractivity contribution in [2.45, 2.75) is 26.2 Å². The van der Waals surface area contributed by atoms with Crippen molar-refractivity contribution in [1.82, 2.24) is 14.7 Å². The normalized spacial score (nSPS) is 13.1. The molecule has 32 heavy (non-hydrogen) atoms. The van der Waals surface area contributed by atoms with E-state index in [1.54, 1.807) is 48.4 Å². The molecule has 0 bridgehead atoms. The number of carbonyl (C=O) groups is 1. The summed E-state index contributed by atoms with van der Waals surface area (Å²) < 4.78 is 32.1. The second kappa shape index (κ2) is 9.40. The van der Waals surface area contributed by atoms with E-state index in [0.717, 1.165) is 17.0 Å². The molecular weight excluding hydrogens is 413 g/mol. The van der Waals surface area contributed by atoms with Crippen LogP contribution in [0.1, 0.15) is 32.9 Å². The highest BCUT2D eigenvalue weighted by atomic mass is 19.1. The number of hydrogen-bond donors (Lipinski definition) is 0. The fraction of sp³-hybridized carbons (Fsp3) is 0.333. The van der Waals surface area contributed by atoms with Gasteiger partial charge in [0.1, 0.15) is 17.3 Å². The first kappa shape index (κ1) is 21.8. The molecule has 8 heteroatoms. The average molecular weight is 439 g/mol. The van der Waals surface area contributed by atoms with Crippen molar-refractivity contribution >= 4 is 5.91 Å². The van der Waals surface area contributed by atoms with Crippen LogP contribution in [0.5, 0.6) is 11.5 Å². The molecular formula is C24H26FN3O4. The number of ether oxygens (including phenoxy) is 3. The number of carbonyl (C=O) groups excluding carboxylic acids is 1. The average Bonchev–Trinajstić information content (AvgIpc) is 3.14. The van der Waals surface area contributed by atoms with Crippen LogP contribution in [0.4, 0.5) is 4.39 Å². The maximum absolute atomic E-state index is 13.8. The Hall–Kier alpha value is -3.39. The maximum atomic E-state index is 13.8. The summed E-state index contributed by atoms with van der Waals surface area (Å²) in [5.74, 6) is 0.693. The van der Waals surface area contributed by atoms with Crippen LogP contribution in [0.25, 0.3) is 0 Å². The van der Waals surface area contributed by atoms with E-state index in [1.807, 2.05) is 11.7 Å². The summed E-state index contributed by atoms with van der Waals surface area (Å²) in [6, 6.07) is 11.7. The van der Waals surface area contributed by atoms with Crippen LogP contribution < -0.4 is 9.47 Å². The molecule has 1 aliphatic rings. The number of aryl methyl sites for hydroxylation is 1. The Morgan fingerprint density at radius 2 is 1.94 bits per heavy atom. The van der Waals surface area contributed by atoms with Gasteiger partial charge in [-0.2, -0.15) is 5.10 Å². The standard InChI is InChI=1S/C24H26FN3O4/c1-27-22-10-11-28(24(29)18-9-8-17(30-2)12-23(18)31-3)13-19(22)21(26-27)15-32-14-16-6-4-5-7-20(16)25/h4-9,12H,10-11,13-15H2,1-3H3. The Balaban J connectivity index is 1.49. The Bertz CT molecular complexity index is 1130. The van der Waals surface area contributed by atoms with Gasteiger partial charge in [0, 0.05) is 49.4 Å². The molecule has 0 fully saturated rings. The Labute approximate surface area is 186 Å². The highest BCUT2D eigenvalue weighted by Crippen LogP contribution is 2.29. The molecule has 0 N–H and O–H groups in total. The molecule has 0 unspecified atom stereocenters. The zero-order valence-electron chi connectivity index (χ0n) is 18.4. The molecule has 1 aromatic heterocycles. The highest BCUT2D eigenvalue weighted by Gasteiger charge is 2.28. The minimum absolute atomic E-state index is 0.114. The highest BCUT2D eigenvalue weighted by molar-refractivity contribution is 5.97. The Morgan fingerprint density at radius 3 is 2.69 bits per heavy atom. The van der Waals surface area contributed by atoms with Crippen LogP contribution in [0.2, 0.25) is 0 Å².